The van der Waals surface area contributed by atoms with Crippen molar-refractivity contribution >= 4 is 22.7 Å². The van der Waals surface area contributed by atoms with Gasteiger partial charge in [0.25, 0.3) is 5.91 Å². The van der Waals surface area contributed by atoms with E-state index in [1.165, 1.54) is 0 Å². The molecule has 7 heteroatoms. The number of hydrogen-bond donors (Lipinski definition) is 2. The third kappa shape index (κ3) is 4.17. The maximum Gasteiger partial charge on any atom is 0.325 e. The fraction of sp³-hybridized carbons (Fsp3) is 0.280. The molecule has 3 amide bonds. The summed E-state index contributed by atoms with van der Waals surface area (Å²) >= 11 is 0. The molecule has 1 aliphatic rings. The Hall–Kier alpha value is -3.42. The molecule has 166 valence electrons. The lowest BCUT2D eigenvalue weighted by Gasteiger charge is -2.24. The summed E-state index contributed by atoms with van der Waals surface area (Å²) in [7, 11) is 1.59. The van der Waals surface area contributed by atoms with Gasteiger partial charge in [0.2, 0.25) is 0 Å². The van der Waals surface area contributed by atoms with Crippen molar-refractivity contribution in [1.29, 1.82) is 0 Å². The van der Waals surface area contributed by atoms with E-state index in [0.717, 1.165) is 32.5 Å². The molecule has 0 aliphatic carbocycles. The van der Waals surface area contributed by atoms with Crippen LogP contribution in [0.2, 0.25) is 0 Å². The number of ether oxygens (including phenoxy) is 2. The number of rotatable bonds is 8. The van der Waals surface area contributed by atoms with Crippen LogP contribution in [0.25, 0.3) is 10.8 Å². The highest BCUT2D eigenvalue weighted by Gasteiger charge is 2.49. The lowest BCUT2D eigenvalue weighted by molar-refractivity contribution is -0.132. The van der Waals surface area contributed by atoms with Gasteiger partial charge in [0.15, 0.2) is 0 Å². The predicted molar refractivity (Wildman–Crippen MR) is 120 cm³/mol. The van der Waals surface area contributed by atoms with Crippen molar-refractivity contribution in [3.8, 4) is 5.75 Å². The highest BCUT2D eigenvalue weighted by molar-refractivity contribution is 6.09. The van der Waals surface area contributed by atoms with Crippen LogP contribution < -0.4 is 10.1 Å². The minimum atomic E-state index is -1.21. The van der Waals surface area contributed by atoms with Gasteiger partial charge in [-0.2, -0.15) is 0 Å². The Bertz CT molecular complexity index is 1140. The van der Waals surface area contributed by atoms with Crippen molar-refractivity contribution in [3.63, 3.8) is 0 Å². The van der Waals surface area contributed by atoms with E-state index in [0.29, 0.717) is 0 Å². The molecule has 0 bridgehead atoms. The van der Waals surface area contributed by atoms with E-state index < -0.39 is 23.6 Å². The Labute approximate surface area is 186 Å². The minimum Gasteiger partial charge on any atom is -0.497 e. The molecule has 1 saturated heterocycles. The normalized spacial score (nSPS) is 19.3. The Kier molecular flexibility index (Phi) is 6.12. The number of aliphatic hydroxyl groups is 1. The SMILES string of the molecule is COc1cccc(COC[C@H](O)CN2C(=O)N[C@@](C)(c3cccc4ccccc34)C2=O)c1. The third-order valence-corrected chi connectivity index (χ3v) is 5.71. The van der Waals surface area contributed by atoms with Crippen molar-refractivity contribution in [3.05, 3.63) is 77.9 Å². The number of aliphatic hydroxyl groups excluding tert-OH is 1. The number of β-amino-alcohol motifs (C(OH)–C–C–N with tert-alkyl or cyclic N) is 1. The first kappa shape index (κ1) is 21.8. The average Bonchev–Trinajstić information content (AvgIpc) is 3.02. The largest absolute Gasteiger partial charge is 0.497 e. The summed E-state index contributed by atoms with van der Waals surface area (Å²) in [5, 5.41) is 15.1. The molecule has 7 nitrogen and oxygen atoms in total. The van der Waals surface area contributed by atoms with Crippen LogP contribution in [0.3, 0.4) is 0 Å². The monoisotopic (exact) mass is 434 g/mol. The number of urea groups is 1. The molecule has 2 atom stereocenters. The lowest BCUT2D eigenvalue weighted by Crippen LogP contribution is -2.42. The minimum absolute atomic E-state index is 0.0146. The second-order valence-corrected chi connectivity index (χ2v) is 8.02. The van der Waals surface area contributed by atoms with Gasteiger partial charge in [-0.1, -0.05) is 54.6 Å². The van der Waals surface area contributed by atoms with Crippen LogP contribution in [0.5, 0.6) is 5.75 Å². The first-order valence-electron chi connectivity index (χ1n) is 10.4. The molecule has 4 rings (SSSR count). The Balaban J connectivity index is 1.42. The van der Waals surface area contributed by atoms with E-state index in [1.807, 2.05) is 66.7 Å². The third-order valence-electron chi connectivity index (χ3n) is 5.71. The molecule has 0 saturated carbocycles. The van der Waals surface area contributed by atoms with E-state index in [1.54, 1.807) is 14.0 Å². The molecule has 3 aromatic carbocycles. The molecule has 32 heavy (non-hydrogen) atoms. The number of nitrogens with zero attached hydrogens (tertiary/aromatic N) is 1. The Morgan fingerprint density at radius 1 is 1.06 bits per heavy atom. The van der Waals surface area contributed by atoms with Gasteiger partial charge in [-0.25, -0.2) is 4.79 Å². The first-order chi connectivity index (χ1) is 15.4. The fourth-order valence-corrected chi connectivity index (χ4v) is 4.05. The van der Waals surface area contributed by atoms with E-state index >= 15 is 0 Å². The van der Waals surface area contributed by atoms with Gasteiger partial charge in [-0.15, -0.1) is 0 Å². The molecule has 2 N–H and O–H groups in total. The van der Waals surface area contributed by atoms with Gasteiger partial charge in [-0.3, -0.25) is 9.69 Å². The summed E-state index contributed by atoms with van der Waals surface area (Å²) in [6, 6.07) is 20.3. The van der Waals surface area contributed by atoms with E-state index in [2.05, 4.69) is 5.32 Å². The van der Waals surface area contributed by atoms with Crippen LogP contribution in [0.1, 0.15) is 18.1 Å². The Morgan fingerprint density at radius 3 is 2.62 bits per heavy atom. The summed E-state index contributed by atoms with van der Waals surface area (Å²) in [4.78, 5) is 27.0. The van der Waals surface area contributed by atoms with E-state index in [-0.39, 0.29) is 19.8 Å². The summed E-state index contributed by atoms with van der Waals surface area (Å²) in [5.41, 5.74) is 0.411. The summed E-state index contributed by atoms with van der Waals surface area (Å²) in [5.74, 6) is 0.324. The molecule has 0 radical (unpaired) electrons. The van der Waals surface area contributed by atoms with Gasteiger partial charge >= 0.3 is 6.03 Å². The maximum absolute atomic E-state index is 13.3. The molecule has 1 fully saturated rings. The fourth-order valence-electron chi connectivity index (χ4n) is 4.05. The van der Waals surface area contributed by atoms with Crippen LogP contribution >= 0.6 is 0 Å². The van der Waals surface area contributed by atoms with Gasteiger partial charge < -0.3 is 19.9 Å². The van der Waals surface area contributed by atoms with Gasteiger partial charge in [-0.05, 0) is 41.0 Å². The number of benzene rings is 3. The molecule has 0 aromatic heterocycles. The number of imide groups is 1. The van der Waals surface area contributed by atoms with Crippen molar-refractivity contribution < 1.29 is 24.2 Å². The second-order valence-electron chi connectivity index (χ2n) is 8.02. The molecule has 1 aliphatic heterocycles. The summed E-state index contributed by atoms with van der Waals surface area (Å²) < 4.78 is 10.8. The molecular weight excluding hydrogens is 408 g/mol. The molecule has 0 unspecified atom stereocenters. The van der Waals surface area contributed by atoms with Crippen LogP contribution in [-0.2, 0) is 21.7 Å². The predicted octanol–water partition coefficient (Wildman–Crippen LogP) is 3.19. The van der Waals surface area contributed by atoms with E-state index in [4.69, 9.17) is 9.47 Å². The van der Waals surface area contributed by atoms with E-state index in [9.17, 15) is 14.7 Å². The zero-order valence-corrected chi connectivity index (χ0v) is 18.1. The Morgan fingerprint density at radius 2 is 1.81 bits per heavy atom. The average molecular weight is 434 g/mol. The van der Waals surface area contributed by atoms with Crippen molar-refractivity contribution in [2.24, 2.45) is 0 Å². The highest BCUT2D eigenvalue weighted by atomic mass is 16.5. The quantitative estimate of drug-likeness (QED) is 0.532. The zero-order chi connectivity index (χ0) is 22.7. The van der Waals surface area contributed by atoms with Crippen LogP contribution in [-0.4, -0.2) is 48.3 Å². The van der Waals surface area contributed by atoms with Crippen molar-refractivity contribution in [2.75, 3.05) is 20.3 Å². The second kappa shape index (κ2) is 8.98. The first-order valence-corrected chi connectivity index (χ1v) is 10.4. The number of carbonyl (C=O) groups is 2. The lowest BCUT2D eigenvalue weighted by atomic mass is 9.88. The zero-order valence-electron chi connectivity index (χ0n) is 18.1. The number of amides is 3. The van der Waals surface area contributed by atoms with Crippen molar-refractivity contribution in [2.45, 2.75) is 25.2 Å². The summed E-state index contributed by atoms with van der Waals surface area (Å²) in [6.45, 7) is 1.81. The maximum atomic E-state index is 13.3. The standard InChI is InChI=1S/C25H26N2O5/c1-25(22-12-6-9-18-8-3-4-11-21(18)22)23(29)27(24(30)26-25)14-19(28)16-32-15-17-7-5-10-20(13-17)31-2/h3-13,19,28H,14-16H2,1-2H3,(H,26,30)/t19-,25+/m1/s1. The number of carbonyl (C=O) groups excluding carboxylic acids is 2. The van der Waals surface area contributed by atoms with Crippen LogP contribution in [0.4, 0.5) is 4.79 Å². The van der Waals surface area contributed by atoms with Gasteiger partial charge in [0, 0.05) is 0 Å². The number of nitrogens with one attached hydrogen (secondary N) is 1. The number of fused-ring (bicyclic) bond motifs is 1. The van der Waals surface area contributed by atoms with Crippen LogP contribution in [0, 0.1) is 0 Å². The molecule has 0 spiro atoms. The number of methoxy groups -OCH3 is 1. The topological polar surface area (TPSA) is 88.1 Å². The molecular formula is C25H26N2O5. The number of hydrogen-bond acceptors (Lipinski definition) is 5. The van der Waals surface area contributed by atoms with Crippen molar-refractivity contribution in [1.82, 2.24) is 10.2 Å². The van der Waals surface area contributed by atoms with Gasteiger partial charge in [0.05, 0.1) is 33.0 Å². The van der Waals surface area contributed by atoms with Crippen LogP contribution in [0.15, 0.2) is 66.7 Å². The van der Waals surface area contributed by atoms with Gasteiger partial charge in [0.1, 0.15) is 11.3 Å². The smallest absolute Gasteiger partial charge is 0.325 e. The summed E-state index contributed by atoms with van der Waals surface area (Å²) in [6.07, 6.45) is -1.01. The molecule has 1 heterocycles. The highest BCUT2D eigenvalue weighted by Crippen LogP contribution is 2.33. The molecule has 3 aromatic rings.